The molecule has 0 unspecified atom stereocenters. The van der Waals surface area contributed by atoms with Gasteiger partial charge >= 0.3 is 12.1 Å². The van der Waals surface area contributed by atoms with Crippen LogP contribution in [-0.4, -0.2) is 28.8 Å². The van der Waals surface area contributed by atoms with Crippen LogP contribution in [-0.2, 0) is 11.2 Å². The van der Waals surface area contributed by atoms with Crippen LogP contribution in [0.2, 0.25) is 0 Å². The third-order valence-electron chi connectivity index (χ3n) is 3.43. The lowest BCUT2D eigenvalue weighted by Gasteiger charge is -2.29. The summed E-state index contributed by atoms with van der Waals surface area (Å²) in [6.07, 6.45) is -6.75. The van der Waals surface area contributed by atoms with E-state index in [0.717, 1.165) is 6.07 Å². The number of hydrogen-bond donors (Lipinski definition) is 2. The minimum atomic E-state index is -4.45. The summed E-state index contributed by atoms with van der Waals surface area (Å²) < 4.78 is 42.9. The lowest BCUT2D eigenvalue weighted by atomic mass is 9.84. The average Bonchev–Trinajstić information content (AvgIpc) is 2.36. The lowest BCUT2D eigenvalue weighted by Crippen LogP contribution is -2.34. The highest BCUT2D eigenvalue weighted by atomic mass is 19.4. The van der Waals surface area contributed by atoms with Gasteiger partial charge in [0.15, 0.2) is 0 Å². The van der Waals surface area contributed by atoms with Gasteiger partial charge in [0.2, 0.25) is 0 Å². The Balaban J connectivity index is 2.41. The first kappa shape index (κ1) is 15.6. The van der Waals surface area contributed by atoms with Gasteiger partial charge in [0, 0.05) is 11.3 Å². The van der Waals surface area contributed by atoms with Gasteiger partial charge in [-0.15, -0.1) is 0 Å². The average molecular weight is 305 g/mol. The highest BCUT2D eigenvalue weighted by molar-refractivity contribution is 5.89. The van der Waals surface area contributed by atoms with Crippen molar-refractivity contribution in [3.63, 3.8) is 0 Å². The molecule has 0 amide bonds. The number of aliphatic hydroxyl groups is 1. The Morgan fingerprint density at radius 3 is 2.76 bits per heavy atom. The van der Waals surface area contributed by atoms with Crippen molar-refractivity contribution in [2.45, 2.75) is 32.0 Å². The fraction of sp³-hybridized carbons (Fsp3) is 0.538. The quantitative estimate of drug-likeness (QED) is 0.815. The summed E-state index contributed by atoms with van der Waals surface area (Å²) >= 11 is 0. The predicted octanol–water partition coefficient (Wildman–Crippen LogP) is 1.71. The zero-order chi connectivity index (χ0) is 15.8. The number of carbonyl (C=O) groups is 1. The number of rotatable bonds is 2. The van der Waals surface area contributed by atoms with Crippen molar-refractivity contribution in [2.75, 3.05) is 6.61 Å². The normalized spacial score (nSPS) is 21.8. The van der Waals surface area contributed by atoms with Crippen LogP contribution in [0.4, 0.5) is 13.2 Å². The lowest BCUT2D eigenvalue weighted by molar-refractivity contribution is -0.184. The van der Waals surface area contributed by atoms with E-state index in [4.69, 9.17) is 0 Å². The molecule has 5 nitrogen and oxygen atoms in total. The molecule has 1 aromatic heterocycles. The fourth-order valence-corrected chi connectivity index (χ4v) is 2.39. The highest BCUT2D eigenvalue weighted by Gasteiger charge is 2.44. The number of halogens is 3. The van der Waals surface area contributed by atoms with Gasteiger partial charge in [-0.1, -0.05) is 0 Å². The largest absolute Gasteiger partial charge is 0.462 e. The number of carbonyl (C=O) groups excluding carboxylic acids is 1. The third kappa shape index (κ3) is 3.10. The Morgan fingerprint density at radius 2 is 2.19 bits per heavy atom. The molecule has 0 aromatic carbocycles. The Morgan fingerprint density at radius 1 is 1.52 bits per heavy atom. The van der Waals surface area contributed by atoms with Crippen LogP contribution in [0.1, 0.15) is 41.1 Å². The standard InChI is InChI=1S/C13H14F3NO4/c1-2-21-12(20)8-5-7-9(17-11(8)19)3-6(4-10(7)18)13(14,15)16/h5-6,10,18H,2-4H2,1H3,(H,17,19)/t6-,10+/m1/s1. The van der Waals surface area contributed by atoms with Crippen LogP contribution in [0.25, 0.3) is 0 Å². The van der Waals surface area contributed by atoms with Crippen molar-refractivity contribution in [2.24, 2.45) is 5.92 Å². The molecule has 0 saturated heterocycles. The van der Waals surface area contributed by atoms with Gasteiger partial charge < -0.3 is 14.8 Å². The number of hydrogen-bond acceptors (Lipinski definition) is 4. The molecular weight excluding hydrogens is 291 g/mol. The van der Waals surface area contributed by atoms with Crippen molar-refractivity contribution in [1.29, 1.82) is 0 Å². The summed E-state index contributed by atoms with van der Waals surface area (Å²) in [6.45, 7) is 1.63. The van der Waals surface area contributed by atoms with E-state index in [1.54, 1.807) is 6.92 Å². The van der Waals surface area contributed by atoms with E-state index in [1.807, 2.05) is 0 Å². The maximum Gasteiger partial charge on any atom is 0.392 e. The first-order valence-corrected chi connectivity index (χ1v) is 6.42. The Kier molecular flexibility index (Phi) is 4.08. The number of ether oxygens (including phenoxy) is 1. The minimum Gasteiger partial charge on any atom is -0.462 e. The van der Waals surface area contributed by atoms with Gasteiger partial charge in [-0.25, -0.2) is 4.79 Å². The number of fused-ring (bicyclic) bond motifs is 1. The molecule has 116 valence electrons. The van der Waals surface area contributed by atoms with Crippen LogP contribution in [0.15, 0.2) is 10.9 Å². The Labute approximate surface area is 117 Å². The van der Waals surface area contributed by atoms with Crippen LogP contribution in [0.3, 0.4) is 0 Å². The summed E-state index contributed by atoms with van der Waals surface area (Å²) in [5.74, 6) is -2.59. The SMILES string of the molecule is CCOC(=O)c1cc2c([nH]c1=O)C[C@@H](C(F)(F)F)C[C@@H]2O. The van der Waals surface area contributed by atoms with E-state index in [1.165, 1.54) is 0 Å². The molecule has 2 rings (SSSR count). The maximum atomic E-state index is 12.7. The van der Waals surface area contributed by atoms with Crippen LogP contribution in [0, 0.1) is 5.92 Å². The summed E-state index contributed by atoms with van der Waals surface area (Å²) in [6, 6.07) is 1.11. The topological polar surface area (TPSA) is 79.4 Å². The molecule has 2 N–H and O–H groups in total. The van der Waals surface area contributed by atoms with Gasteiger partial charge in [0.05, 0.1) is 18.6 Å². The zero-order valence-electron chi connectivity index (χ0n) is 11.2. The van der Waals surface area contributed by atoms with Crippen molar-refractivity contribution in [1.82, 2.24) is 4.98 Å². The Bertz CT molecular complexity index is 608. The molecule has 0 saturated carbocycles. The highest BCUT2D eigenvalue weighted by Crippen LogP contribution is 2.40. The number of pyridine rings is 1. The van der Waals surface area contributed by atoms with Crippen LogP contribution in [0.5, 0.6) is 0 Å². The molecule has 1 aliphatic carbocycles. The second-order valence-electron chi connectivity index (χ2n) is 4.86. The molecule has 2 atom stereocenters. The van der Waals surface area contributed by atoms with E-state index < -0.39 is 42.6 Å². The molecule has 8 heteroatoms. The molecule has 1 aliphatic rings. The molecule has 1 aromatic rings. The van der Waals surface area contributed by atoms with Gasteiger partial charge in [-0.05, 0) is 25.8 Å². The monoisotopic (exact) mass is 305 g/mol. The summed E-state index contributed by atoms with van der Waals surface area (Å²) in [5.41, 5.74) is -0.991. The molecule has 1 heterocycles. The van der Waals surface area contributed by atoms with Crippen LogP contribution >= 0.6 is 0 Å². The van der Waals surface area contributed by atoms with Gasteiger partial charge in [0.1, 0.15) is 5.56 Å². The number of H-pyrrole nitrogens is 1. The zero-order valence-corrected chi connectivity index (χ0v) is 11.2. The van der Waals surface area contributed by atoms with Crippen molar-refractivity contribution in [3.05, 3.63) is 33.2 Å². The van der Waals surface area contributed by atoms with Gasteiger partial charge in [0.25, 0.3) is 5.56 Å². The first-order valence-electron chi connectivity index (χ1n) is 6.42. The smallest absolute Gasteiger partial charge is 0.392 e. The van der Waals surface area contributed by atoms with Crippen molar-refractivity contribution in [3.8, 4) is 0 Å². The molecule has 0 bridgehead atoms. The van der Waals surface area contributed by atoms with E-state index in [-0.39, 0.29) is 23.4 Å². The summed E-state index contributed by atoms with van der Waals surface area (Å²) in [5, 5.41) is 9.85. The molecule has 0 aliphatic heterocycles. The second kappa shape index (κ2) is 5.51. The van der Waals surface area contributed by atoms with E-state index in [2.05, 4.69) is 9.72 Å². The van der Waals surface area contributed by atoms with Crippen molar-refractivity contribution >= 4 is 5.97 Å². The molecule has 0 fully saturated rings. The van der Waals surface area contributed by atoms with Gasteiger partial charge in [-0.3, -0.25) is 4.79 Å². The van der Waals surface area contributed by atoms with Crippen LogP contribution < -0.4 is 5.56 Å². The number of nitrogens with one attached hydrogen (secondary N) is 1. The second-order valence-corrected chi connectivity index (χ2v) is 4.86. The fourth-order valence-electron chi connectivity index (χ4n) is 2.39. The molecule has 21 heavy (non-hydrogen) atoms. The summed E-state index contributed by atoms with van der Waals surface area (Å²) in [4.78, 5) is 25.6. The summed E-state index contributed by atoms with van der Waals surface area (Å²) in [7, 11) is 0. The van der Waals surface area contributed by atoms with E-state index in [9.17, 15) is 27.9 Å². The van der Waals surface area contributed by atoms with Gasteiger partial charge in [-0.2, -0.15) is 13.2 Å². The van der Waals surface area contributed by atoms with E-state index in [0.29, 0.717) is 0 Å². The third-order valence-corrected chi connectivity index (χ3v) is 3.43. The first-order chi connectivity index (χ1) is 9.74. The number of esters is 1. The maximum absolute atomic E-state index is 12.7. The Hall–Kier alpha value is -1.83. The number of aromatic nitrogens is 1. The minimum absolute atomic E-state index is 0.00845. The van der Waals surface area contributed by atoms with Crippen molar-refractivity contribution < 1.29 is 27.8 Å². The predicted molar refractivity (Wildman–Crippen MR) is 65.8 cm³/mol. The molecule has 0 radical (unpaired) electrons. The van der Waals surface area contributed by atoms with E-state index >= 15 is 0 Å². The number of aromatic amines is 1. The number of alkyl halides is 3. The number of aliphatic hydroxyl groups excluding tert-OH is 1. The molecular formula is C13H14F3NO4. The molecule has 0 spiro atoms.